The second-order valence-electron chi connectivity index (χ2n) is 6.07. The molecule has 0 saturated carbocycles. The lowest BCUT2D eigenvalue weighted by atomic mass is 10.2. The average Bonchev–Trinajstić information content (AvgIpc) is 2.69. The molecule has 6 nitrogen and oxygen atoms in total. The number of rotatable bonds is 4. The monoisotopic (exact) mass is 455 g/mol. The van der Waals surface area contributed by atoms with Crippen LogP contribution in [0.4, 0.5) is 17.2 Å². The Labute approximate surface area is 174 Å². The quantitative estimate of drug-likeness (QED) is 0.399. The van der Waals surface area contributed by atoms with Crippen molar-refractivity contribution in [2.75, 3.05) is 11.1 Å². The Kier molecular flexibility index (Phi) is 5.02. The second kappa shape index (κ2) is 7.61. The fourth-order valence-corrected chi connectivity index (χ4v) is 3.43. The number of halogens is 2. The number of anilines is 3. The molecular weight excluding hydrogens is 442 g/mol. The summed E-state index contributed by atoms with van der Waals surface area (Å²) in [5.74, 6) is 1.25. The van der Waals surface area contributed by atoms with Gasteiger partial charge in [-0.1, -0.05) is 33.6 Å². The summed E-state index contributed by atoms with van der Waals surface area (Å²) < 4.78 is 6.91. The van der Waals surface area contributed by atoms with E-state index in [1.54, 1.807) is 12.3 Å². The van der Waals surface area contributed by atoms with Gasteiger partial charge in [-0.15, -0.1) is 0 Å². The number of aromatic nitrogens is 3. The molecule has 4 aromatic rings. The number of nitrogens with zero attached hydrogens (tertiary/aromatic N) is 3. The van der Waals surface area contributed by atoms with Crippen LogP contribution in [0, 0.1) is 6.92 Å². The Morgan fingerprint density at radius 3 is 2.79 bits per heavy atom. The van der Waals surface area contributed by atoms with E-state index in [1.807, 2.05) is 43.3 Å². The van der Waals surface area contributed by atoms with Crippen LogP contribution in [0.5, 0.6) is 11.6 Å². The van der Waals surface area contributed by atoms with E-state index in [0.717, 1.165) is 21.1 Å². The topological polar surface area (TPSA) is 86.0 Å². The molecule has 0 amide bonds. The van der Waals surface area contributed by atoms with Crippen molar-refractivity contribution < 1.29 is 4.74 Å². The van der Waals surface area contributed by atoms with Crippen LogP contribution >= 0.6 is 27.5 Å². The molecule has 0 radical (unpaired) electrons. The summed E-state index contributed by atoms with van der Waals surface area (Å²) in [6.07, 6.45) is 3.11. The van der Waals surface area contributed by atoms with Crippen LogP contribution in [0.3, 0.4) is 0 Å². The van der Waals surface area contributed by atoms with E-state index in [-0.39, 0.29) is 5.88 Å². The molecule has 8 heteroatoms. The van der Waals surface area contributed by atoms with Crippen molar-refractivity contribution in [2.45, 2.75) is 6.92 Å². The fourth-order valence-electron chi connectivity index (χ4n) is 2.75. The first-order valence-electron chi connectivity index (χ1n) is 8.37. The van der Waals surface area contributed by atoms with Crippen molar-refractivity contribution in [2.24, 2.45) is 0 Å². The first kappa shape index (κ1) is 18.5. The van der Waals surface area contributed by atoms with Gasteiger partial charge in [0, 0.05) is 26.8 Å². The summed E-state index contributed by atoms with van der Waals surface area (Å²) >= 11 is 9.54. The lowest BCUT2D eigenvalue weighted by molar-refractivity contribution is 0.469. The van der Waals surface area contributed by atoms with Crippen molar-refractivity contribution in [1.82, 2.24) is 15.0 Å². The molecule has 0 bridgehead atoms. The standard InChI is InChI=1S/C20H15BrClN5O/c1-11-9-12(22)4-6-15(11)27-19-17(23)20(26-10-25-19)28-16-7-5-14(21)13-3-2-8-24-18(13)16/h2-10H,23H2,1H3,(H,25,26,27). The van der Waals surface area contributed by atoms with Crippen molar-refractivity contribution in [3.8, 4) is 11.6 Å². The van der Waals surface area contributed by atoms with Crippen molar-refractivity contribution in [1.29, 1.82) is 0 Å². The molecule has 2 heterocycles. The average molecular weight is 457 g/mol. The van der Waals surface area contributed by atoms with Crippen LogP contribution in [0.1, 0.15) is 5.56 Å². The van der Waals surface area contributed by atoms with Gasteiger partial charge in [0.05, 0.1) is 0 Å². The summed E-state index contributed by atoms with van der Waals surface area (Å²) in [4.78, 5) is 12.8. The summed E-state index contributed by atoms with van der Waals surface area (Å²) in [6, 6.07) is 13.1. The summed E-state index contributed by atoms with van der Waals surface area (Å²) in [5, 5.41) is 4.80. The minimum absolute atomic E-state index is 0.249. The highest BCUT2D eigenvalue weighted by atomic mass is 79.9. The van der Waals surface area contributed by atoms with Gasteiger partial charge < -0.3 is 15.8 Å². The summed E-state index contributed by atoms with van der Waals surface area (Å²) in [5.41, 5.74) is 9.08. The van der Waals surface area contributed by atoms with E-state index in [0.29, 0.717) is 27.8 Å². The highest BCUT2D eigenvalue weighted by Crippen LogP contribution is 2.36. The summed E-state index contributed by atoms with van der Waals surface area (Å²) in [7, 11) is 0. The molecule has 0 spiro atoms. The van der Waals surface area contributed by atoms with Crippen molar-refractivity contribution in [3.05, 3.63) is 70.0 Å². The van der Waals surface area contributed by atoms with Gasteiger partial charge in [0.1, 0.15) is 17.5 Å². The van der Waals surface area contributed by atoms with Gasteiger partial charge >= 0.3 is 0 Å². The molecule has 3 N–H and O–H groups in total. The van der Waals surface area contributed by atoms with E-state index >= 15 is 0 Å². The van der Waals surface area contributed by atoms with Gasteiger partial charge in [-0.2, -0.15) is 4.98 Å². The van der Waals surface area contributed by atoms with Gasteiger partial charge in [0.15, 0.2) is 11.6 Å². The third-order valence-electron chi connectivity index (χ3n) is 4.17. The van der Waals surface area contributed by atoms with Gasteiger partial charge in [0.25, 0.3) is 0 Å². The first-order valence-corrected chi connectivity index (χ1v) is 9.55. The SMILES string of the molecule is Cc1cc(Cl)ccc1Nc1ncnc(Oc2ccc(Br)c3cccnc23)c1N. The van der Waals surface area contributed by atoms with E-state index in [2.05, 4.69) is 36.2 Å². The number of nitrogens with two attached hydrogens (primary N) is 1. The Morgan fingerprint density at radius 1 is 1.11 bits per heavy atom. The number of nitrogen functional groups attached to an aromatic ring is 1. The van der Waals surface area contributed by atoms with Crippen molar-refractivity contribution in [3.63, 3.8) is 0 Å². The number of benzene rings is 2. The molecule has 0 aliphatic heterocycles. The predicted molar refractivity (Wildman–Crippen MR) is 115 cm³/mol. The van der Waals surface area contributed by atoms with E-state index in [1.165, 1.54) is 6.33 Å². The molecule has 0 fully saturated rings. The van der Waals surface area contributed by atoms with Crippen LogP contribution in [0.25, 0.3) is 10.9 Å². The number of aryl methyl sites for hydroxylation is 1. The Balaban J connectivity index is 1.69. The number of hydrogen-bond donors (Lipinski definition) is 2. The zero-order valence-corrected chi connectivity index (χ0v) is 17.1. The van der Waals surface area contributed by atoms with Crippen LogP contribution in [-0.4, -0.2) is 15.0 Å². The van der Waals surface area contributed by atoms with Crippen LogP contribution in [0.15, 0.2) is 59.5 Å². The normalized spacial score (nSPS) is 10.8. The molecule has 0 aliphatic rings. The van der Waals surface area contributed by atoms with Gasteiger partial charge in [0.2, 0.25) is 5.88 Å². The number of nitrogens with one attached hydrogen (secondary N) is 1. The number of hydrogen-bond acceptors (Lipinski definition) is 6. The maximum Gasteiger partial charge on any atom is 0.248 e. The van der Waals surface area contributed by atoms with E-state index in [4.69, 9.17) is 22.1 Å². The fraction of sp³-hybridized carbons (Fsp3) is 0.0500. The number of ether oxygens (including phenoxy) is 1. The third-order valence-corrected chi connectivity index (χ3v) is 5.10. The molecular formula is C20H15BrClN5O. The number of pyridine rings is 1. The van der Waals surface area contributed by atoms with Crippen molar-refractivity contribution >= 4 is 55.6 Å². The highest BCUT2D eigenvalue weighted by molar-refractivity contribution is 9.10. The van der Waals surface area contributed by atoms with E-state index in [9.17, 15) is 0 Å². The molecule has 2 aromatic carbocycles. The zero-order valence-electron chi connectivity index (χ0n) is 14.8. The van der Waals surface area contributed by atoms with Gasteiger partial charge in [-0.05, 0) is 48.9 Å². The third kappa shape index (κ3) is 3.58. The molecule has 0 aliphatic carbocycles. The molecule has 4 rings (SSSR count). The molecule has 0 saturated heterocycles. The van der Waals surface area contributed by atoms with Crippen LogP contribution < -0.4 is 15.8 Å². The lowest BCUT2D eigenvalue weighted by Gasteiger charge is -2.14. The largest absolute Gasteiger partial charge is 0.435 e. The Hall–Kier alpha value is -2.90. The summed E-state index contributed by atoms with van der Waals surface area (Å²) in [6.45, 7) is 1.95. The second-order valence-corrected chi connectivity index (χ2v) is 7.36. The predicted octanol–water partition coefficient (Wildman–Crippen LogP) is 5.87. The molecule has 0 atom stereocenters. The highest BCUT2D eigenvalue weighted by Gasteiger charge is 2.14. The molecule has 140 valence electrons. The minimum atomic E-state index is 0.249. The van der Waals surface area contributed by atoms with Gasteiger partial charge in [-0.25, -0.2) is 4.98 Å². The minimum Gasteiger partial charge on any atom is -0.435 e. The Bertz CT molecular complexity index is 1180. The maximum atomic E-state index is 6.26. The molecule has 0 unspecified atom stereocenters. The van der Waals surface area contributed by atoms with Crippen LogP contribution in [-0.2, 0) is 0 Å². The smallest absolute Gasteiger partial charge is 0.248 e. The van der Waals surface area contributed by atoms with E-state index < -0.39 is 0 Å². The van der Waals surface area contributed by atoms with Crippen LogP contribution in [0.2, 0.25) is 5.02 Å². The lowest BCUT2D eigenvalue weighted by Crippen LogP contribution is -2.04. The maximum absolute atomic E-state index is 6.26. The zero-order chi connectivity index (χ0) is 19.7. The first-order chi connectivity index (χ1) is 13.5. The number of fused-ring (bicyclic) bond motifs is 1. The molecule has 28 heavy (non-hydrogen) atoms. The Morgan fingerprint density at radius 2 is 1.96 bits per heavy atom. The molecule has 2 aromatic heterocycles. The van der Waals surface area contributed by atoms with Gasteiger partial charge in [-0.3, -0.25) is 4.98 Å².